The van der Waals surface area contributed by atoms with Crippen molar-refractivity contribution in [1.29, 1.82) is 0 Å². The van der Waals surface area contributed by atoms with Crippen molar-refractivity contribution in [1.82, 2.24) is 27.4 Å². The van der Waals surface area contributed by atoms with Crippen LogP contribution in [0.2, 0.25) is 26.2 Å². The zero-order chi connectivity index (χ0) is 94.6. The second-order valence-corrected chi connectivity index (χ2v) is 55.4. The van der Waals surface area contributed by atoms with Crippen molar-refractivity contribution in [3.8, 4) is 17.5 Å². The smallest absolute Gasteiger partial charge is 0.355 e. The Morgan fingerprint density at radius 1 is 0.259 bits per heavy atom. The van der Waals surface area contributed by atoms with E-state index in [1.807, 2.05) is 23.5 Å². The number of hydrogen-bond donors (Lipinski definition) is 0. The van der Waals surface area contributed by atoms with E-state index in [0.717, 1.165) is 68.3 Å². The Kier molecular flexibility index (Phi) is 15.8. The van der Waals surface area contributed by atoms with Gasteiger partial charge in [-0.25, -0.2) is 27.4 Å². The molecule has 38 rings (SSSR count). The minimum Gasteiger partial charge on any atom is -0.533 e. The second-order valence-electron chi connectivity index (χ2n) is 42.7. The van der Waals surface area contributed by atoms with E-state index in [0.29, 0.717) is 0 Å². The number of imidazole rings is 6. The van der Waals surface area contributed by atoms with Crippen LogP contribution in [0.25, 0.3) is 164 Å². The number of aromatic nitrogens is 12. The molecule has 26 aromatic rings. The highest BCUT2D eigenvalue weighted by molar-refractivity contribution is 7.99. The summed E-state index contributed by atoms with van der Waals surface area (Å²) >= 11 is 3.96. The van der Waals surface area contributed by atoms with E-state index in [1.54, 1.807) is 0 Å². The van der Waals surface area contributed by atoms with Crippen LogP contribution in [0.5, 0.6) is 17.5 Å². The average molecular weight is 1940 g/mol. The zero-order valence-electron chi connectivity index (χ0n) is 81.2. The van der Waals surface area contributed by atoms with Crippen LogP contribution in [0.15, 0.2) is 289 Å². The monoisotopic (exact) mass is 1940 g/mol. The molecule has 0 unspecified atom stereocenters. The van der Waals surface area contributed by atoms with E-state index >= 15 is 0 Å². The average Bonchev–Trinajstić information content (AvgIpc) is 1.52. The summed E-state index contributed by atoms with van der Waals surface area (Å²) in [6, 6.07) is 103. The van der Waals surface area contributed by atoms with Gasteiger partial charge >= 0.3 is 28.4 Å². The van der Waals surface area contributed by atoms with Gasteiger partial charge in [0.05, 0.1) is 43.0 Å². The Balaban J connectivity index is 0.0000000762. The number of benzene rings is 14. The number of thioether (sulfide) groups is 2. The van der Waals surface area contributed by atoms with E-state index < -0.39 is 25.0 Å². The third kappa shape index (κ3) is 9.99. The van der Waals surface area contributed by atoms with Gasteiger partial charge in [-0.15, -0.1) is 11.8 Å². The summed E-state index contributed by atoms with van der Waals surface area (Å²) in [5.74, 6) is 5.29. The Morgan fingerprint density at radius 3 is 1.15 bits per heavy atom. The van der Waals surface area contributed by atoms with Gasteiger partial charge in [0.2, 0.25) is 5.03 Å². The van der Waals surface area contributed by atoms with Crippen LogP contribution < -0.4 is 65.7 Å². The minimum atomic E-state index is -2.78. The van der Waals surface area contributed by atoms with Crippen molar-refractivity contribution in [2.45, 2.75) is 148 Å². The lowest BCUT2D eigenvalue weighted by Gasteiger charge is -2.34. The normalized spacial score (nSPS) is 15.9. The van der Waals surface area contributed by atoms with Gasteiger partial charge in [0.1, 0.15) is 78.4 Å². The van der Waals surface area contributed by atoms with Gasteiger partial charge < -0.3 is 13.3 Å². The van der Waals surface area contributed by atoms with Gasteiger partial charge in [-0.2, -0.15) is 26.4 Å². The van der Waals surface area contributed by atoms with Crippen LogP contribution in [0, 0.1) is 41.5 Å². The van der Waals surface area contributed by atoms with Crippen LogP contribution in [0.3, 0.4) is 0 Å². The van der Waals surface area contributed by atoms with Crippen molar-refractivity contribution in [2.24, 2.45) is 0 Å². The van der Waals surface area contributed by atoms with Crippen molar-refractivity contribution < 1.29 is 39.7 Å². The fraction of sp³-hybridized carbons (Fsp3) is 0.171. The fourth-order valence-electron chi connectivity index (χ4n) is 28.8. The largest absolute Gasteiger partial charge is 0.533 e. The Morgan fingerprint density at radius 2 is 0.629 bits per heavy atom. The number of pyridine rings is 6. The zero-order valence-corrected chi connectivity index (χ0v) is 85.9. The van der Waals surface area contributed by atoms with Gasteiger partial charge in [-0.3, -0.25) is 0 Å². The predicted octanol–water partition coefficient (Wildman–Crippen LogP) is 20.9. The first-order chi connectivity index (χ1) is 70.0. The molecule has 14 aromatic carbocycles. The van der Waals surface area contributed by atoms with Crippen LogP contribution >= 0.6 is 23.5 Å². The number of fused-ring (bicyclic) bond motifs is 6. The number of nitrogens with zero attached hydrogens (tertiary/aromatic N) is 12. The van der Waals surface area contributed by atoms with Crippen molar-refractivity contribution in [3.05, 3.63) is 369 Å². The molecule has 143 heavy (non-hydrogen) atoms. The Bertz CT molecular complexity index is 10400. The number of aryl methyl sites for hydroxylation is 2. The quantitative estimate of drug-likeness (QED) is 0.0978. The first kappa shape index (κ1) is 80.7. The highest BCUT2D eigenvalue weighted by Crippen LogP contribution is 2.49. The highest BCUT2D eigenvalue weighted by Gasteiger charge is 2.55. The molecule has 20 heteroatoms. The Hall–Kier alpha value is -14.9. The molecule has 0 radical (unpaired) electrons. The number of para-hydroxylation sites is 6. The van der Waals surface area contributed by atoms with Crippen LogP contribution in [-0.4, -0.2) is 52.4 Å². The van der Waals surface area contributed by atoms with Crippen LogP contribution in [0.1, 0.15) is 96.5 Å². The maximum absolute atomic E-state index is 7.36. The lowest BCUT2D eigenvalue weighted by molar-refractivity contribution is -0.524. The van der Waals surface area contributed by atoms with E-state index in [4.69, 9.17) is 13.3 Å². The third-order valence-corrected chi connectivity index (χ3v) is 45.9. The molecule has 12 aliphatic rings. The molecule has 15 nitrogen and oxygen atoms in total. The molecule has 0 saturated heterocycles. The summed E-state index contributed by atoms with van der Waals surface area (Å²) in [6.07, 6.45) is 3.64. The molecule has 686 valence electrons. The second kappa shape index (κ2) is 27.9. The van der Waals surface area contributed by atoms with Crippen molar-refractivity contribution in [3.63, 3.8) is 0 Å². The summed E-state index contributed by atoms with van der Waals surface area (Å²) in [5.41, 5.74) is 39.2. The van der Waals surface area contributed by atoms with E-state index in [2.05, 4.69) is 401 Å². The summed E-state index contributed by atoms with van der Waals surface area (Å²) < 4.78 is 50.4. The molecule has 0 atom stereocenters. The van der Waals surface area contributed by atoms with Crippen LogP contribution in [0.4, 0.5) is 0 Å². The summed E-state index contributed by atoms with van der Waals surface area (Å²) in [4.78, 5) is 1.42. The molecule has 0 N–H and O–H groups in total. The highest BCUT2D eigenvalue weighted by atomic mass is 32.2. The first-order valence-corrected chi connectivity index (χ1v) is 60.5. The van der Waals surface area contributed by atoms with Gasteiger partial charge in [0.15, 0.2) is 50.6 Å². The fourth-order valence-corrected chi connectivity index (χ4v) is 39.9. The molecule has 0 aliphatic carbocycles. The topological polar surface area (TPSA) is 81.9 Å². The number of hydrogen-bond acceptors (Lipinski definition) is 5. The molecule has 0 amide bonds. The summed E-state index contributed by atoms with van der Waals surface area (Å²) in [6.45, 7) is 28.7. The molecule has 0 bridgehead atoms. The molecule has 12 aliphatic heterocycles. The van der Waals surface area contributed by atoms with Crippen molar-refractivity contribution >= 4 is 238 Å². The molecule has 0 saturated carbocycles. The van der Waals surface area contributed by atoms with Gasteiger partial charge in [0.25, 0.3) is 42.2 Å². The molecule has 0 spiro atoms. The minimum absolute atomic E-state index is 0.905. The molecule has 12 aromatic heterocycles. The van der Waals surface area contributed by atoms with E-state index in [-0.39, 0.29) is 0 Å². The van der Waals surface area contributed by atoms with E-state index in [9.17, 15) is 0 Å². The lowest BCUT2D eigenvalue weighted by atomic mass is 9.99. The van der Waals surface area contributed by atoms with Crippen molar-refractivity contribution in [2.75, 3.05) is 0 Å². The van der Waals surface area contributed by atoms with Gasteiger partial charge in [0, 0.05) is 173 Å². The van der Waals surface area contributed by atoms with Gasteiger partial charge in [-0.1, -0.05) is 267 Å². The maximum Gasteiger partial charge on any atom is 0.355 e. The Labute approximate surface area is 833 Å². The lowest BCUT2D eigenvalue weighted by Crippen LogP contribution is -2.74. The van der Waals surface area contributed by atoms with E-state index in [1.165, 1.54) is 309 Å². The predicted molar refractivity (Wildman–Crippen MR) is 583 cm³/mol. The standard InChI is InChI=1S/C29H21N2OSi.C20H17N2.2C19H17N2OSi.2C18H13N2S/c1-19-29-31-27-24(23-15-8-10-20-18-30(19)28(31)26(20)23)16-9-17-25(27)33(32-29,21-11-4-2-5-12-21)22-13-6-3-7-14-22;1-12-17-10-4-6-13-5-2-9-16-15-8-3-7-14-11-21(12)20(18(14)15)22(17)19(13)16;1-11-19-21-17-14(8-5-9-15(17)23(2,3)22-19)13-7-4-6-12-10-20(11)18(21)16(12)13;1-11-19-21-17-14(8-5-9-15(17)22-23(19,2)3)13-7-4-6-12-10-20(11)18(21)16(12)13;1-10-18-20-16-12(9-21-18)5-3-7-14(16)13-6-2-4-11-8-19(10)17(20)15(11)13;1-10-14-9-21-15-7-3-6-13-12-5-2-4-11-8-19(10)18(16(11)12)20(14)17(13)15/h2-17H,18H2,1H3;2-3,5,7-9H,4,6,10-11H2,1H3;2*4-9H,10H2,1-3H3;2*2-7H,8-9H2,1H3/q6*+1. The third-order valence-electron chi connectivity index (χ3n) is 34.8. The molecular weight excluding hydrogens is 1840 g/mol. The SMILES string of the molecule is Cc1c2[n+]3c4c(cccc4c4cccc5c4c3n1C5)CCC2.Cc1c2[n+]3c4c(cccc4c4cccc5c4c3n1C5)CS2.Cc1c2[n+]3c4c(cccc4c4cccc5c4c3n1C5)O[Si]2(C)C.Cc1c2[n+]3c4c(cccc4c4cccc5c4c3n1C5)SC2.Cc1c2[n+]3c4c(cccc4c4cccc5c4c3n1C5)[Si](C)(C)O2.Cc1c2[n+]3c4c(cccc4c4cccc5c4c3n1C5)[Si](c1ccccc1)(c1ccccc1)O2. The summed E-state index contributed by atoms with van der Waals surface area (Å²) in [5, 5.41) is 33.3. The molecule has 0 fully saturated rings. The molecule has 24 heterocycles. The molecular formula is C123H98N12O3S2Si3+6. The number of rotatable bonds is 2. The van der Waals surface area contributed by atoms with Gasteiger partial charge in [-0.05, 0) is 73.7 Å². The maximum atomic E-state index is 7.36. The first-order valence-electron chi connectivity index (χ1n) is 50.9. The van der Waals surface area contributed by atoms with Crippen LogP contribution in [-0.2, 0) is 63.6 Å². The summed E-state index contributed by atoms with van der Waals surface area (Å²) in [7, 11) is -6.67.